The Morgan fingerprint density at radius 2 is 2.33 bits per heavy atom. The molecule has 0 radical (unpaired) electrons. The molecule has 3 heteroatoms. The van der Waals surface area contributed by atoms with Crippen LogP contribution in [-0.4, -0.2) is 29.9 Å². The Morgan fingerprint density at radius 3 is 2.93 bits per heavy atom. The second kappa shape index (κ2) is 5.50. The van der Waals surface area contributed by atoms with Crippen LogP contribution in [0.15, 0.2) is 0 Å². The van der Waals surface area contributed by atoms with Crippen LogP contribution in [0.2, 0.25) is 0 Å². The molecule has 1 amide bonds. The predicted molar refractivity (Wildman–Crippen MR) is 62.5 cm³/mol. The van der Waals surface area contributed by atoms with E-state index in [1.54, 1.807) is 0 Å². The average molecular weight is 213 g/mol. The third kappa shape index (κ3) is 2.71. The van der Waals surface area contributed by atoms with E-state index in [1.165, 1.54) is 12.8 Å². The number of nitrogens with two attached hydrogens (primary N) is 1. The fourth-order valence-corrected chi connectivity index (χ4v) is 2.46. The summed E-state index contributed by atoms with van der Waals surface area (Å²) in [7, 11) is 0.191. The maximum Gasteiger partial charge on any atom is 0.237 e. The van der Waals surface area contributed by atoms with E-state index in [0.29, 0.717) is 0 Å². The summed E-state index contributed by atoms with van der Waals surface area (Å²) in [6.07, 6.45) is 7.30. The quantitative estimate of drug-likeness (QED) is 0.685. The lowest BCUT2D eigenvalue weighted by atomic mass is 9.88. The van der Waals surface area contributed by atoms with Crippen LogP contribution < -0.4 is 5.73 Å². The lowest BCUT2D eigenvalue weighted by Gasteiger charge is -2.33. The number of likely N-dealkylation sites (tertiary alicyclic amines) is 1. The molecule has 1 aliphatic rings. The first-order valence-electron chi connectivity index (χ1n) is 6.72. The highest BCUT2D eigenvalue weighted by atomic mass is 16.1. The summed E-state index contributed by atoms with van der Waals surface area (Å²) in [6.45, 7) is 3.02. The number of unbranched alkanes of at least 4 members (excludes halogenated alkanes) is 3. The Morgan fingerprint density at radius 1 is 1.53 bits per heavy atom. The van der Waals surface area contributed by atoms with Gasteiger partial charge in [-0.1, -0.05) is 32.6 Å². The molecule has 15 heavy (non-hydrogen) atoms. The van der Waals surface area contributed by atoms with E-state index in [4.69, 9.17) is 7.10 Å². The lowest BCUT2D eigenvalue weighted by Crippen LogP contribution is -2.52. The molecular formula is C12H24N2O. The normalized spacial score (nSPS) is 27.9. The highest BCUT2D eigenvalue weighted by Gasteiger charge is 2.43. The smallest absolute Gasteiger partial charge is 0.237 e. The number of likely N-dealkylation sites (N-methyl/N-ethyl adjacent to an activating group) is 1. The maximum atomic E-state index is 11.7. The van der Waals surface area contributed by atoms with Crippen molar-refractivity contribution in [3.8, 4) is 0 Å². The van der Waals surface area contributed by atoms with E-state index in [0.717, 1.165) is 38.6 Å². The van der Waals surface area contributed by atoms with Crippen LogP contribution in [-0.2, 0) is 4.79 Å². The lowest BCUT2D eigenvalue weighted by molar-refractivity contribution is -0.128. The van der Waals surface area contributed by atoms with Gasteiger partial charge < -0.3 is 5.73 Å². The number of amides is 1. The third-order valence-corrected chi connectivity index (χ3v) is 3.53. The number of carbonyl (C=O) groups excluding carboxylic acids is 1. The van der Waals surface area contributed by atoms with Gasteiger partial charge in [0.15, 0.2) is 0 Å². The topological polar surface area (TPSA) is 46.3 Å². The van der Waals surface area contributed by atoms with Gasteiger partial charge in [0.25, 0.3) is 0 Å². The summed E-state index contributed by atoms with van der Waals surface area (Å²) >= 11 is 0. The van der Waals surface area contributed by atoms with Crippen molar-refractivity contribution >= 4 is 5.91 Å². The molecule has 0 unspecified atom stereocenters. The fourth-order valence-electron chi connectivity index (χ4n) is 2.46. The predicted octanol–water partition coefficient (Wildman–Crippen LogP) is 1.91. The standard InChI is InChI=1S/C12H24N2O/c1-3-4-5-6-8-12(11(13)15)9-7-10-14(12)2/h3-10H2,1-2H3,(H2,13,15)/t12-/m0/s1/i2D. The second-order valence-electron chi connectivity index (χ2n) is 4.57. The molecule has 1 fully saturated rings. The van der Waals surface area contributed by atoms with Gasteiger partial charge >= 0.3 is 0 Å². The van der Waals surface area contributed by atoms with Gasteiger partial charge in [0.2, 0.25) is 5.91 Å². The minimum absolute atomic E-state index is 0.191. The minimum atomic E-state index is -0.504. The first kappa shape index (κ1) is 10.9. The number of nitrogens with zero attached hydrogens (tertiary/aromatic N) is 1. The first-order valence-corrected chi connectivity index (χ1v) is 6.01. The van der Waals surface area contributed by atoms with Crippen LogP contribution in [0.25, 0.3) is 0 Å². The molecular weight excluding hydrogens is 188 g/mol. The van der Waals surface area contributed by atoms with E-state index >= 15 is 0 Å². The summed E-state index contributed by atoms with van der Waals surface area (Å²) in [5, 5.41) is 0. The van der Waals surface area contributed by atoms with E-state index in [1.807, 2.05) is 4.90 Å². The van der Waals surface area contributed by atoms with Crippen LogP contribution in [0, 0.1) is 0 Å². The van der Waals surface area contributed by atoms with Crippen molar-refractivity contribution in [3.05, 3.63) is 0 Å². The van der Waals surface area contributed by atoms with Crippen molar-refractivity contribution in [1.82, 2.24) is 4.90 Å². The zero-order valence-corrected chi connectivity index (χ0v) is 9.80. The van der Waals surface area contributed by atoms with Gasteiger partial charge in [-0.2, -0.15) is 0 Å². The SMILES string of the molecule is [2H]CN1CCC[C@@]1(CCCCCC)C(N)=O. The number of rotatable bonds is 6. The first-order chi connectivity index (χ1) is 7.67. The van der Waals surface area contributed by atoms with Crippen LogP contribution in [0.4, 0.5) is 0 Å². The molecule has 0 aromatic rings. The summed E-state index contributed by atoms with van der Waals surface area (Å²) in [5.41, 5.74) is 5.05. The van der Waals surface area contributed by atoms with Crippen LogP contribution in [0.3, 0.4) is 0 Å². The molecule has 0 aromatic heterocycles. The van der Waals surface area contributed by atoms with E-state index < -0.39 is 5.54 Å². The van der Waals surface area contributed by atoms with Crippen molar-refractivity contribution in [2.75, 3.05) is 13.6 Å². The summed E-state index contributed by atoms with van der Waals surface area (Å²) in [6, 6.07) is 0. The highest BCUT2D eigenvalue weighted by molar-refractivity contribution is 5.84. The molecule has 0 saturated carbocycles. The molecule has 1 heterocycles. The van der Waals surface area contributed by atoms with E-state index in [2.05, 4.69) is 6.92 Å². The summed E-state index contributed by atoms with van der Waals surface area (Å²) in [4.78, 5) is 13.6. The molecule has 1 aliphatic heterocycles. The molecule has 88 valence electrons. The molecule has 0 aromatic carbocycles. The van der Waals surface area contributed by atoms with Crippen molar-refractivity contribution in [2.24, 2.45) is 5.73 Å². The van der Waals surface area contributed by atoms with Gasteiger partial charge in [-0.25, -0.2) is 0 Å². The van der Waals surface area contributed by atoms with Gasteiger partial charge in [0, 0.05) is 1.37 Å². The Bertz CT molecular complexity index is 235. The molecule has 0 aliphatic carbocycles. The number of hydrogen-bond donors (Lipinski definition) is 1. The zero-order valence-electron chi connectivity index (χ0n) is 10.8. The van der Waals surface area contributed by atoms with Crippen LogP contribution in [0.1, 0.15) is 53.2 Å². The molecule has 0 spiro atoms. The maximum absolute atomic E-state index is 11.7. The number of hydrogen-bond acceptors (Lipinski definition) is 2. The third-order valence-electron chi connectivity index (χ3n) is 3.53. The van der Waals surface area contributed by atoms with Crippen molar-refractivity contribution in [3.63, 3.8) is 0 Å². The fraction of sp³-hybridized carbons (Fsp3) is 0.917. The molecule has 1 atom stereocenters. The van der Waals surface area contributed by atoms with Gasteiger partial charge in [0.1, 0.15) is 0 Å². The van der Waals surface area contributed by atoms with Crippen molar-refractivity contribution in [2.45, 2.75) is 57.4 Å². The largest absolute Gasteiger partial charge is 0.368 e. The number of primary amides is 1. The molecule has 2 N–H and O–H groups in total. The molecule has 1 saturated heterocycles. The van der Waals surface area contributed by atoms with Gasteiger partial charge in [-0.15, -0.1) is 0 Å². The van der Waals surface area contributed by atoms with Crippen molar-refractivity contribution < 1.29 is 6.17 Å². The van der Waals surface area contributed by atoms with Gasteiger partial charge in [0.05, 0.1) is 5.54 Å². The van der Waals surface area contributed by atoms with E-state index in [9.17, 15) is 4.79 Å². The Balaban J connectivity index is 2.55. The molecule has 1 rings (SSSR count). The Kier molecular flexibility index (Phi) is 4.01. The highest BCUT2D eigenvalue weighted by Crippen LogP contribution is 2.32. The van der Waals surface area contributed by atoms with Crippen LogP contribution in [0.5, 0.6) is 0 Å². The van der Waals surface area contributed by atoms with E-state index in [-0.39, 0.29) is 12.9 Å². The Hall–Kier alpha value is -0.570. The second-order valence-corrected chi connectivity index (χ2v) is 4.57. The monoisotopic (exact) mass is 213 g/mol. The van der Waals surface area contributed by atoms with Crippen LogP contribution >= 0.6 is 0 Å². The minimum Gasteiger partial charge on any atom is -0.368 e. The molecule has 3 nitrogen and oxygen atoms in total. The number of carbonyl (C=O) groups is 1. The average Bonchev–Trinajstić information content (AvgIpc) is 2.68. The van der Waals surface area contributed by atoms with Crippen molar-refractivity contribution in [1.29, 1.82) is 0 Å². The summed E-state index contributed by atoms with van der Waals surface area (Å²) in [5.74, 6) is -0.228. The van der Waals surface area contributed by atoms with Gasteiger partial charge in [-0.05, 0) is 32.8 Å². The van der Waals surface area contributed by atoms with Gasteiger partial charge in [-0.3, -0.25) is 9.69 Å². The molecule has 0 bridgehead atoms. The zero-order chi connectivity index (χ0) is 12.0. The summed E-state index contributed by atoms with van der Waals surface area (Å²) < 4.78 is 7.48. The Labute approximate surface area is 94.4 Å².